The Labute approximate surface area is 209 Å². The summed E-state index contributed by atoms with van der Waals surface area (Å²) >= 11 is 12.6. The molecule has 0 aliphatic carbocycles. The molecule has 3 aromatic rings. The summed E-state index contributed by atoms with van der Waals surface area (Å²) in [6.45, 7) is 2.36. The van der Waals surface area contributed by atoms with E-state index in [1.165, 1.54) is 11.0 Å². The fourth-order valence-electron chi connectivity index (χ4n) is 3.68. The standard InChI is InChI=1S/C27H27Cl2FN2O2/c1-2-15-31-27(34)25(16-19-9-4-3-5-10-19)32(18-20-11-6-7-14-24(20)30)26(33)17-21-22(28)12-8-13-23(21)29/h3-14,25H,2,15-18H2,1H3,(H,31,34)/t25-/m1/s1. The van der Waals surface area contributed by atoms with Crippen LogP contribution in [-0.4, -0.2) is 29.3 Å². The maximum Gasteiger partial charge on any atom is 0.243 e. The first kappa shape index (κ1) is 25.7. The van der Waals surface area contributed by atoms with Gasteiger partial charge >= 0.3 is 0 Å². The molecule has 0 spiro atoms. The van der Waals surface area contributed by atoms with Gasteiger partial charge in [-0.15, -0.1) is 0 Å². The first-order valence-corrected chi connectivity index (χ1v) is 11.9. The molecule has 0 fully saturated rings. The van der Waals surface area contributed by atoms with Gasteiger partial charge in [0.15, 0.2) is 0 Å². The Morgan fingerprint density at radius 3 is 2.24 bits per heavy atom. The first-order chi connectivity index (χ1) is 16.4. The zero-order valence-corrected chi connectivity index (χ0v) is 20.5. The van der Waals surface area contributed by atoms with Gasteiger partial charge in [-0.3, -0.25) is 9.59 Å². The zero-order valence-electron chi connectivity index (χ0n) is 18.9. The molecule has 0 saturated carbocycles. The van der Waals surface area contributed by atoms with Gasteiger partial charge < -0.3 is 10.2 Å². The van der Waals surface area contributed by atoms with Crippen molar-refractivity contribution in [3.05, 3.63) is 105 Å². The van der Waals surface area contributed by atoms with Gasteiger partial charge in [-0.1, -0.05) is 84.7 Å². The van der Waals surface area contributed by atoms with Crippen LogP contribution in [0.4, 0.5) is 4.39 Å². The number of hydrogen-bond donors (Lipinski definition) is 1. The Kier molecular flexibility index (Phi) is 9.49. The first-order valence-electron chi connectivity index (χ1n) is 11.2. The van der Waals surface area contributed by atoms with Crippen molar-refractivity contribution in [2.24, 2.45) is 0 Å². The third-order valence-corrected chi connectivity index (χ3v) is 6.22. The van der Waals surface area contributed by atoms with E-state index in [1.54, 1.807) is 36.4 Å². The number of benzene rings is 3. The lowest BCUT2D eigenvalue weighted by Gasteiger charge is -2.32. The lowest BCUT2D eigenvalue weighted by atomic mass is 10.0. The van der Waals surface area contributed by atoms with Crippen LogP contribution < -0.4 is 5.32 Å². The Hall–Kier alpha value is -2.89. The van der Waals surface area contributed by atoms with Gasteiger partial charge in [0.05, 0.1) is 6.42 Å². The van der Waals surface area contributed by atoms with Crippen LogP contribution in [0.25, 0.3) is 0 Å². The number of carbonyl (C=O) groups is 2. The maximum absolute atomic E-state index is 14.6. The molecule has 3 rings (SSSR count). The van der Waals surface area contributed by atoms with E-state index in [0.29, 0.717) is 27.7 Å². The van der Waals surface area contributed by atoms with Gasteiger partial charge in [0, 0.05) is 35.1 Å². The lowest BCUT2D eigenvalue weighted by Crippen LogP contribution is -2.51. The maximum atomic E-state index is 14.6. The van der Waals surface area contributed by atoms with E-state index in [0.717, 1.165) is 12.0 Å². The molecule has 0 radical (unpaired) electrons. The molecule has 0 aliphatic heterocycles. The highest BCUT2D eigenvalue weighted by molar-refractivity contribution is 6.36. The van der Waals surface area contributed by atoms with Crippen molar-refractivity contribution in [2.75, 3.05) is 6.54 Å². The second-order valence-electron chi connectivity index (χ2n) is 7.99. The predicted molar refractivity (Wildman–Crippen MR) is 134 cm³/mol. The molecule has 0 bridgehead atoms. The SMILES string of the molecule is CCCNC(=O)[C@@H](Cc1ccccc1)N(Cc1ccccc1F)C(=O)Cc1c(Cl)cccc1Cl. The molecule has 0 unspecified atom stereocenters. The third-order valence-electron chi connectivity index (χ3n) is 5.51. The van der Waals surface area contributed by atoms with Crippen molar-refractivity contribution in [1.82, 2.24) is 10.2 Å². The van der Waals surface area contributed by atoms with E-state index >= 15 is 0 Å². The summed E-state index contributed by atoms with van der Waals surface area (Å²) in [5.74, 6) is -1.10. The average Bonchev–Trinajstić information content (AvgIpc) is 2.83. The minimum Gasteiger partial charge on any atom is -0.354 e. The minimum absolute atomic E-state index is 0.0649. The van der Waals surface area contributed by atoms with Gasteiger partial charge in [-0.25, -0.2) is 4.39 Å². The summed E-state index contributed by atoms with van der Waals surface area (Å²) in [4.78, 5) is 28.3. The number of halogens is 3. The lowest BCUT2D eigenvalue weighted by molar-refractivity contribution is -0.140. The summed E-state index contributed by atoms with van der Waals surface area (Å²) in [6.07, 6.45) is 0.923. The van der Waals surface area contributed by atoms with Gasteiger partial charge in [0.2, 0.25) is 11.8 Å². The quantitative estimate of drug-likeness (QED) is 0.380. The van der Waals surface area contributed by atoms with Crippen LogP contribution in [0.2, 0.25) is 10.0 Å². The van der Waals surface area contributed by atoms with Gasteiger partial charge in [0.1, 0.15) is 11.9 Å². The Morgan fingerprint density at radius 2 is 1.59 bits per heavy atom. The van der Waals surface area contributed by atoms with Gasteiger partial charge in [-0.05, 0) is 35.7 Å². The van der Waals surface area contributed by atoms with Crippen LogP contribution >= 0.6 is 23.2 Å². The highest BCUT2D eigenvalue weighted by atomic mass is 35.5. The molecule has 1 atom stereocenters. The molecule has 7 heteroatoms. The molecule has 0 saturated heterocycles. The number of nitrogens with zero attached hydrogens (tertiary/aromatic N) is 1. The van der Waals surface area contributed by atoms with E-state index in [-0.39, 0.29) is 31.2 Å². The zero-order chi connectivity index (χ0) is 24.5. The Bertz CT molecular complexity index is 1100. The second-order valence-corrected chi connectivity index (χ2v) is 8.80. The van der Waals surface area contributed by atoms with Crippen molar-refractivity contribution < 1.29 is 14.0 Å². The molecule has 2 amide bonds. The molecule has 0 heterocycles. The van der Waals surface area contributed by atoms with Crippen LogP contribution in [0.15, 0.2) is 72.8 Å². The summed E-state index contributed by atoms with van der Waals surface area (Å²) in [5.41, 5.74) is 1.69. The van der Waals surface area contributed by atoms with Crippen molar-refractivity contribution in [2.45, 2.75) is 38.8 Å². The molecular weight excluding hydrogens is 474 g/mol. The van der Waals surface area contributed by atoms with Crippen LogP contribution in [0.5, 0.6) is 0 Å². The highest BCUT2D eigenvalue weighted by Gasteiger charge is 2.31. The predicted octanol–water partition coefficient (Wildman–Crippen LogP) is 5.84. The molecule has 0 aliphatic rings. The van der Waals surface area contributed by atoms with E-state index in [4.69, 9.17) is 23.2 Å². The van der Waals surface area contributed by atoms with E-state index in [1.807, 2.05) is 37.3 Å². The van der Waals surface area contributed by atoms with Crippen LogP contribution in [0.3, 0.4) is 0 Å². The van der Waals surface area contributed by atoms with E-state index in [9.17, 15) is 14.0 Å². The smallest absolute Gasteiger partial charge is 0.243 e. The minimum atomic E-state index is -0.845. The fraction of sp³-hybridized carbons (Fsp3) is 0.259. The normalized spacial score (nSPS) is 11.6. The summed E-state index contributed by atoms with van der Waals surface area (Å²) in [5, 5.41) is 3.62. The number of amides is 2. The molecule has 3 aromatic carbocycles. The van der Waals surface area contributed by atoms with Crippen molar-refractivity contribution in [3.8, 4) is 0 Å². The monoisotopic (exact) mass is 500 g/mol. The van der Waals surface area contributed by atoms with Gasteiger partial charge in [0.25, 0.3) is 0 Å². The summed E-state index contributed by atoms with van der Waals surface area (Å²) in [6, 6.07) is 19.9. The summed E-state index contributed by atoms with van der Waals surface area (Å²) in [7, 11) is 0. The van der Waals surface area contributed by atoms with Crippen LogP contribution in [-0.2, 0) is 29.0 Å². The van der Waals surface area contributed by atoms with E-state index < -0.39 is 11.9 Å². The molecule has 4 nitrogen and oxygen atoms in total. The van der Waals surface area contributed by atoms with Crippen molar-refractivity contribution in [3.63, 3.8) is 0 Å². The van der Waals surface area contributed by atoms with Crippen LogP contribution in [0, 0.1) is 5.82 Å². The van der Waals surface area contributed by atoms with E-state index in [2.05, 4.69) is 5.32 Å². The number of nitrogens with one attached hydrogen (secondary N) is 1. The Balaban J connectivity index is 2.00. The number of hydrogen-bond acceptors (Lipinski definition) is 2. The molecule has 0 aromatic heterocycles. The van der Waals surface area contributed by atoms with Crippen LogP contribution in [0.1, 0.15) is 30.0 Å². The fourth-order valence-corrected chi connectivity index (χ4v) is 4.22. The average molecular weight is 501 g/mol. The number of rotatable bonds is 10. The van der Waals surface area contributed by atoms with Crippen molar-refractivity contribution in [1.29, 1.82) is 0 Å². The second kappa shape index (κ2) is 12.5. The largest absolute Gasteiger partial charge is 0.354 e. The molecule has 34 heavy (non-hydrogen) atoms. The van der Waals surface area contributed by atoms with Crippen molar-refractivity contribution >= 4 is 35.0 Å². The molecular formula is C27H27Cl2FN2O2. The molecule has 178 valence electrons. The number of carbonyl (C=O) groups excluding carboxylic acids is 2. The third kappa shape index (κ3) is 6.81. The van der Waals surface area contributed by atoms with Gasteiger partial charge in [-0.2, -0.15) is 0 Å². The Morgan fingerprint density at radius 1 is 0.941 bits per heavy atom. The topological polar surface area (TPSA) is 49.4 Å². The highest BCUT2D eigenvalue weighted by Crippen LogP contribution is 2.26. The molecule has 1 N–H and O–H groups in total. The summed E-state index contributed by atoms with van der Waals surface area (Å²) < 4.78 is 14.6.